The fourth-order valence-corrected chi connectivity index (χ4v) is 1.41. The highest BCUT2D eigenvalue weighted by Crippen LogP contribution is 2.16. The van der Waals surface area contributed by atoms with Gasteiger partial charge in [-0.1, -0.05) is 44.1 Å². The second kappa shape index (κ2) is 6.31. The molecule has 1 aromatic carbocycles. The van der Waals surface area contributed by atoms with Gasteiger partial charge in [0.05, 0.1) is 5.71 Å². The first-order valence-corrected chi connectivity index (χ1v) is 5.92. The smallest absolute Gasteiger partial charge is 0.116 e. The molecule has 2 nitrogen and oxygen atoms in total. The Bertz CT molecular complexity index is 356. The normalized spacial score (nSPS) is 11.9. The molecule has 0 aliphatic heterocycles. The highest BCUT2D eigenvalue weighted by molar-refractivity contribution is 5.98. The summed E-state index contributed by atoms with van der Waals surface area (Å²) in [4.78, 5) is 5.19. The minimum absolute atomic E-state index is 0.546. The van der Waals surface area contributed by atoms with Crippen molar-refractivity contribution in [2.45, 2.75) is 40.0 Å². The predicted molar refractivity (Wildman–Crippen MR) is 69.0 cm³/mol. The molecule has 0 amide bonds. The van der Waals surface area contributed by atoms with Crippen LogP contribution in [0.2, 0.25) is 0 Å². The van der Waals surface area contributed by atoms with Crippen LogP contribution in [-0.4, -0.2) is 12.3 Å². The summed E-state index contributed by atoms with van der Waals surface area (Å²) in [6.07, 6.45) is 0.989. The van der Waals surface area contributed by atoms with E-state index in [1.54, 1.807) is 0 Å². The highest BCUT2D eigenvalue weighted by atomic mass is 16.6. The zero-order valence-corrected chi connectivity index (χ0v) is 10.7. The molecule has 0 N–H and O–H groups in total. The topological polar surface area (TPSA) is 21.6 Å². The van der Waals surface area contributed by atoms with E-state index in [1.807, 2.05) is 6.92 Å². The summed E-state index contributed by atoms with van der Waals surface area (Å²) in [6.45, 7) is 9.12. The molecule has 0 radical (unpaired) electrons. The number of hydrogen-bond acceptors (Lipinski definition) is 2. The van der Waals surface area contributed by atoms with Crippen LogP contribution in [0, 0.1) is 0 Å². The van der Waals surface area contributed by atoms with E-state index >= 15 is 0 Å². The third-order valence-corrected chi connectivity index (χ3v) is 2.47. The van der Waals surface area contributed by atoms with Crippen molar-refractivity contribution in [2.24, 2.45) is 5.16 Å². The van der Waals surface area contributed by atoms with Gasteiger partial charge in [0.15, 0.2) is 0 Å². The van der Waals surface area contributed by atoms with Crippen molar-refractivity contribution in [3.05, 3.63) is 35.4 Å². The zero-order valence-electron chi connectivity index (χ0n) is 10.7. The van der Waals surface area contributed by atoms with Gasteiger partial charge in [0.25, 0.3) is 0 Å². The molecule has 0 unspecified atom stereocenters. The van der Waals surface area contributed by atoms with Gasteiger partial charge in [-0.3, -0.25) is 0 Å². The molecule has 0 saturated carbocycles. The molecular weight excluding hydrogens is 198 g/mol. The SMILES string of the molecule is CCCO/N=C(\C)c1cccc(C(C)C)c1. The van der Waals surface area contributed by atoms with Crippen LogP contribution in [0.15, 0.2) is 29.4 Å². The third kappa shape index (κ3) is 3.69. The summed E-state index contributed by atoms with van der Waals surface area (Å²) in [7, 11) is 0. The van der Waals surface area contributed by atoms with Crippen molar-refractivity contribution in [3.63, 3.8) is 0 Å². The van der Waals surface area contributed by atoms with Crippen LogP contribution < -0.4 is 0 Å². The third-order valence-electron chi connectivity index (χ3n) is 2.47. The van der Waals surface area contributed by atoms with Gasteiger partial charge in [-0.15, -0.1) is 0 Å². The van der Waals surface area contributed by atoms with E-state index in [-0.39, 0.29) is 0 Å². The standard InChI is InChI=1S/C14H21NO/c1-5-9-16-15-12(4)14-8-6-7-13(10-14)11(2)3/h6-8,10-11H,5,9H2,1-4H3/b15-12+. The first kappa shape index (κ1) is 12.8. The molecule has 0 heterocycles. The van der Waals surface area contributed by atoms with E-state index in [0.717, 1.165) is 17.7 Å². The number of rotatable bonds is 5. The van der Waals surface area contributed by atoms with Gasteiger partial charge < -0.3 is 4.84 Å². The Labute approximate surface area is 98.3 Å². The molecule has 1 aromatic rings. The molecule has 0 bridgehead atoms. The molecule has 0 spiro atoms. The fourth-order valence-electron chi connectivity index (χ4n) is 1.41. The summed E-state index contributed by atoms with van der Waals surface area (Å²) in [6, 6.07) is 8.47. The van der Waals surface area contributed by atoms with Crippen LogP contribution in [0.4, 0.5) is 0 Å². The van der Waals surface area contributed by atoms with E-state index in [1.165, 1.54) is 5.56 Å². The van der Waals surface area contributed by atoms with Gasteiger partial charge in [-0.25, -0.2) is 0 Å². The lowest BCUT2D eigenvalue weighted by Gasteiger charge is -2.07. The Morgan fingerprint density at radius 3 is 2.75 bits per heavy atom. The monoisotopic (exact) mass is 219 g/mol. The number of hydrogen-bond donors (Lipinski definition) is 0. The molecule has 0 aromatic heterocycles. The average Bonchev–Trinajstić information content (AvgIpc) is 2.29. The van der Waals surface area contributed by atoms with Crippen LogP contribution in [0.5, 0.6) is 0 Å². The maximum absolute atomic E-state index is 5.19. The second-order valence-electron chi connectivity index (χ2n) is 4.29. The largest absolute Gasteiger partial charge is 0.396 e. The summed E-state index contributed by atoms with van der Waals surface area (Å²) >= 11 is 0. The van der Waals surface area contributed by atoms with Crippen molar-refractivity contribution in [2.75, 3.05) is 6.61 Å². The molecule has 1 rings (SSSR count). The Hall–Kier alpha value is -1.31. The Morgan fingerprint density at radius 2 is 2.12 bits per heavy atom. The lowest BCUT2D eigenvalue weighted by Crippen LogP contribution is -1.99. The fraction of sp³-hybridized carbons (Fsp3) is 0.500. The minimum atomic E-state index is 0.546. The number of oxime groups is 1. The summed E-state index contributed by atoms with van der Waals surface area (Å²) in [5.41, 5.74) is 3.42. The van der Waals surface area contributed by atoms with Gasteiger partial charge in [0.1, 0.15) is 6.61 Å². The Morgan fingerprint density at radius 1 is 1.38 bits per heavy atom. The zero-order chi connectivity index (χ0) is 12.0. The molecule has 0 atom stereocenters. The Kier molecular flexibility index (Phi) is 5.03. The van der Waals surface area contributed by atoms with Crippen LogP contribution >= 0.6 is 0 Å². The number of nitrogens with zero attached hydrogens (tertiary/aromatic N) is 1. The van der Waals surface area contributed by atoms with E-state index in [0.29, 0.717) is 12.5 Å². The van der Waals surface area contributed by atoms with Gasteiger partial charge in [0.2, 0.25) is 0 Å². The summed E-state index contributed by atoms with van der Waals surface area (Å²) in [5, 5.41) is 4.10. The van der Waals surface area contributed by atoms with Crippen molar-refractivity contribution >= 4 is 5.71 Å². The molecule has 0 fully saturated rings. The van der Waals surface area contributed by atoms with E-state index in [9.17, 15) is 0 Å². The molecule has 2 heteroatoms. The molecule has 0 saturated heterocycles. The van der Waals surface area contributed by atoms with Gasteiger partial charge in [-0.05, 0) is 36.5 Å². The van der Waals surface area contributed by atoms with E-state index in [2.05, 4.69) is 50.2 Å². The lowest BCUT2D eigenvalue weighted by atomic mass is 9.99. The van der Waals surface area contributed by atoms with Crippen LogP contribution in [0.1, 0.15) is 51.2 Å². The van der Waals surface area contributed by atoms with Crippen molar-refractivity contribution in [3.8, 4) is 0 Å². The predicted octanol–water partition coefficient (Wildman–Crippen LogP) is 3.96. The first-order chi connectivity index (χ1) is 7.65. The second-order valence-corrected chi connectivity index (χ2v) is 4.29. The summed E-state index contributed by atoms with van der Waals surface area (Å²) in [5.74, 6) is 0.546. The van der Waals surface area contributed by atoms with Crippen molar-refractivity contribution < 1.29 is 4.84 Å². The number of benzene rings is 1. The minimum Gasteiger partial charge on any atom is -0.396 e. The van der Waals surface area contributed by atoms with Gasteiger partial charge in [-0.2, -0.15) is 0 Å². The van der Waals surface area contributed by atoms with Crippen molar-refractivity contribution in [1.82, 2.24) is 0 Å². The maximum Gasteiger partial charge on any atom is 0.116 e. The lowest BCUT2D eigenvalue weighted by molar-refractivity contribution is 0.145. The van der Waals surface area contributed by atoms with E-state index in [4.69, 9.17) is 4.84 Å². The van der Waals surface area contributed by atoms with Crippen LogP contribution in [0.3, 0.4) is 0 Å². The Balaban J connectivity index is 2.79. The maximum atomic E-state index is 5.19. The van der Waals surface area contributed by atoms with E-state index < -0.39 is 0 Å². The molecule has 16 heavy (non-hydrogen) atoms. The molecule has 88 valence electrons. The van der Waals surface area contributed by atoms with Gasteiger partial charge >= 0.3 is 0 Å². The molecule has 0 aliphatic rings. The van der Waals surface area contributed by atoms with Crippen LogP contribution in [-0.2, 0) is 4.84 Å². The van der Waals surface area contributed by atoms with Gasteiger partial charge in [0, 0.05) is 0 Å². The highest BCUT2D eigenvalue weighted by Gasteiger charge is 2.02. The summed E-state index contributed by atoms with van der Waals surface area (Å²) < 4.78 is 0. The van der Waals surface area contributed by atoms with Crippen LogP contribution in [0.25, 0.3) is 0 Å². The quantitative estimate of drug-likeness (QED) is 0.417. The average molecular weight is 219 g/mol. The molecule has 0 aliphatic carbocycles. The molecular formula is C14H21NO. The van der Waals surface area contributed by atoms with Crippen molar-refractivity contribution in [1.29, 1.82) is 0 Å². The first-order valence-electron chi connectivity index (χ1n) is 5.92.